The van der Waals surface area contributed by atoms with E-state index in [4.69, 9.17) is 18.9 Å². The van der Waals surface area contributed by atoms with Crippen LogP contribution >= 0.6 is 0 Å². The second kappa shape index (κ2) is 16.7. The number of esters is 1. The SMILES string of the molecule is CO[C@H]1/C=C/O[C@@]2(C)Oc3c(C)c(O)c4c(O)c(c(C=CC(C)=O)c(O)c4c3C2=O)NC(=O)/C(C)=C\C=C\[C@H](C)[C@H](O)[C@@H](C)[C@@H](O)[C@H](C)[C@H](OC(C)=O)[C@H]1C. The highest BCUT2D eigenvalue weighted by Gasteiger charge is 2.50. The molecule has 14 heteroatoms. The van der Waals surface area contributed by atoms with Gasteiger partial charge in [-0.3, -0.25) is 19.2 Å². The maximum absolute atomic E-state index is 14.2. The molecule has 2 aromatic carbocycles. The van der Waals surface area contributed by atoms with Gasteiger partial charge in [-0.1, -0.05) is 45.9 Å². The molecular formula is C41H51NO13. The van der Waals surface area contributed by atoms with E-state index in [1.54, 1.807) is 39.8 Å². The van der Waals surface area contributed by atoms with Crippen molar-refractivity contribution in [3.8, 4) is 23.0 Å². The maximum Gasteiger partial charge on any atom is 0.312 e. The van der Waals surface area contributed by atoms with Gasteiger partial charge in [-0.15, -0.1) is 0 Å². The van der Waals surface area contributed by atoms with Crippen LogP contribution in [-0.4, -0.2) is 86.3 Å². The summed E-state index contributed by atoms with van der Waals surface area (Å²) < 4.78 is 23.3. The summed E-state index contributed by atoms with van der Waals surface area (Å²) in [7, 11) is 1.42. The second-order valence-corrected chi connectivity index (χ2v) is 14.6. The average molecular weight is 766 g/mol. The Morgan fingerprint density at radius 1 is 0.909 bits per heavy atom. The van der Waals surface area contributed by atoms with Gasteiger partial charge in [0.25, 0.3) is 11.7 Å². The van der Waals surface area contributed by atoms with Crippen molar-refractivity contribution < 1.29 is 63.7 Å². The lowest BCUT2D eigenvalue weighted by molar-refractivity contribution is -0.160. The fraction of sp³-hybridized carbons (Fsp3) is 0.463. The summed E-state index contributed by atoms with van der Waals surface area (Å²) in [5.41, 5.74) is -0.686. The lowest BCUT2D eigenvalue weighted by Gasteiger charge is -2.38. The van der Waals surface area contributed by atoms with Gasteiger partial charge in [0.15, 0.2) is 11.5 Å². The zero-order valence-electron chi connectivity index (χ0n) is 32.7. The molecule has 2 aromatic rings. The van der Waals surface area contributed by atoms with Gasteiger partial charge in [0.1, 0.15) is 23.4 Å². The molecule has 0 aliphatic carbocycles. The van der Waals surface area contributed by atoms with E-state index in [1.807, 2.05) is 0 Å². The third-order valence-electron chi connectivity index (χ3n) is 10.5. The van der Waals surface area contributed by atoms with Crippen LogP contribution in [0.2, 0.25) is 0 Å². The number of amides is 1. The number of aliphatic hydroxyl groups is 2. The Morgan fingerprint density at radius 2 is 1.56 bits per heavy atom. The van der Waals surface area contributed by atoms with E-state index in [1.165, 1.54) is 60.1 Å². The van der Waals surface area contributed by atoms with Gasteiger partial charge in [-0.25, -0.2) is 0 Å². The number of Topliss-reactive ketones (excluding diaryl/α,β-unsaturated/α-hetero) is 1. The van der Waals surface area contributed by atoms with Gasteiger partial charge in [0, 0.05) is 66.7 Å². The van der Waals surface area contributed by atoms with Gasteiger partial charge in [-0.2, -0.15) is 0 Å². The Morgan fingerprint density at radius 3 is 2.16 bits per heavy atom. The minimum absolute atomic E-state index is 0.0172. The molecule has 0 aromatic heterocycles. The van der Waals surface area contributed by atoms with Crippen molar-refractivity contribution in [3.05, 3.63) is 58.9 Å². The van der Waals surface area contributed by atoms with Crippen LogP contribution in [-0.2, 0) is 28.6 Å². The molecule has 3 aliphatic rings. The van der Waals surface area contributed by atoms with E-state index >= 15 is 0 Å². The van der Waals surface area contributed by atoms with Crippen LogP contribution < -0.4 is 10.1 Å². The summed E-state index contributed by atoms with van der Waals surface area (Å²) in [6, 6.07) is 0. The van der Waals surface area contributed by atoms with Crippen molar-refractivity contribution in [2.45, 2.75) is 92.5 Å². The molecule has 5 rings (SSSR count). The highest BCUT2D eigenvalue weighted by molar-refractivity contribution is 6.23. The average Bonchev–Trinajstić information content (AvgIpc) is 3.39. The summed E-state index contributed by atoms with van der Waals surface area (Å²) in [5.74, 6) is -9.23. The number of nitrogens with one attached hydrogen (secondary N) is 1. The van der Waals surface area contributed by atoms with E-state index in [0.717, 1.165) is 12.2 Å². The first-order chi connectivity index (χ1) is 25.7. The number of hydrogen-bond acceptors (Lipinski definition) is 13. The van der Waals surface area contributed by atoms with Gasteiger partial charge in [0.05, 0.1) is 41.2 Å². The first-order valence-electron chi connectivity index (χ1n) is 17.9. The van der Waals surface area contributed by atoms with E-state index in [9.17, 15) is 44.7 Å². The van der Waals surface area contributed by atoms with E-state index in [0.29, 0.717) is 0 Å². The molecule has 5 bridgehead atoms. The second-order valence-electron chi connectivity index (χ2n) is 14.6. The number of aliphatic hydroxyl groups excluding tert-OH is 2. The summed E-state index contributed by atoms with van der Waals surface area (Å²) in [5, 5.41) is 59.4. The van der Waals surface area contributed by atoms with Crippen LogP contribution in [0, 0.1) is 30.6 Å². The fourth-order valence-corrected chi connectivity index (χ4v) is 7.11. The zero-order valence-corrected chi connectivity index (χ0v) is 32.7. The largest absolute Gasteiger partial charge is 0.507 e. The number of allylic oxidation sites excluding steroid dienone is 3. The summed E-state index contributed by atoms with van der Waals surface area (Å²) in [6.07, 6.45) is 5.58. The van der Waals surface area contributed by atoms with Crippen molar-refractivity contribution in [1.29, 1.82) is 0 Å². The molecule has 6 N–H and O–H groups in total. The lowest BCUT2D eigenvalue weighted by atomic mass is 9.78. The minimum atomic E-state index is -2.07. The molecule has 9 atom stereocenters. The van der Waals surface area contributed by atoms with E-state index < -0.39 is 94.6 Å². The molecule has 0 saturated carbocycles. The molecule has 3 aliphatic heterocycles. The van der Waals surface area contributed by atoms with Crippen molar-refractivity contribution >= 4 is 46.0 Å². The molecule has 298 valence electrons. The number of carbonyl (C=O) groups is 4. The number of anilines is 1. The smallest absolute Gasteiger partial charge is 0.312 e. The quantitative estimate of drug-likeness (QED) is 0.100. The molecule has 0 radical (unpaired) electrons. The van der Waals surface area contributed by atoms with Crippen LogP contribution in [0.3, 0.4) is 0 Å². The van der Waals surface area contributed by atoms with E-state index in [-0.39, 0.29) is 44.5 Å². The van der Waals surface area contributed by atoms with Crippen molar-refractivity contribution in [2.24, 2.45) is 23.7 Å². The number of phenols is 3. The van der Waals surface area contributed by atoms with Crippen molar-refractivity contribution in [1.82, 2.24) is 0 Å². The van der Waals surface area contributed by atoms with Crippen LogP contribution in [0.1, 0.15) is 76.9 Å². The van der Waals surface area contributed by atoms with Gasteiger partial charge in [0.2, 0.25) is 0 Å². The van der Waals surface area contributed by atoms with Crippen molar-refractivity contribution in [3.63, 3.8) is 0 Å². The normalized spacial score (nSPS) is 31.4. The predicted molar refractivity (Wildman–Crippen MR) is 204 cm³/mol. The first-order valence-corrected chi connectivity index (χ1v) is 17.9. The van der Waals surface area contributed by atoms with Crippen LogP contribution in [0.15, 0.2) is 42.2 Å². The first kappa shape index (κ1) is 42.6. The molecule has 55 heavy (non-hydrogen) atoms. The highest BCUT2D eigenvalue weighted by Crippen LogP contribution is 2.55. The Balaban J connectivity index is 1.98. The molecule has 0 spiro atoms. The molecule has 1 amide bonds. The zero-order chi connectivity index (χ0) is 41.3. The summed E-state index contributed by atoms with van der Waals surface area (Å²) in [6.45, 7) is 13.6. The number of aromatic hydroxyl groups is 3. The molecule has 14 nitrogen and oxygen atoms in total. The molecule has 3 heterocycles. The standard InChI is InChI=1S/C41H51NO13/c1-18-12-11-13-19(2)40(51)42-31-26(15-14-20(3)43)35(48)28-29(36(31)49)34(47)24(7)38-30(28)39(50)41(9,55-38)53-17-16-27(52-10)21(4)37(54-25(8)44)23(6)33(46)22(5)32(18)45/h11-18,21-23,27,32-33,37,45-49H,1-10H3,(H,42,51)/b12-11+,15-14?,17-16+,19-13-/t18-,21-,22+,23-,27-,32-,33+,37+,41-/m0/s1. The number of hydrogen-bond donors (Lipinski definition) is 6. The van der Waals surface area contributed by atoms with Gasteiger partial charge in [-0.05, 0) is 39.0 Å². The van der Waals surface area contributed by atoms with Crippen molar-refractivity contribution in [2.75, 3.05) is 12.4 Å². The molecule has 0 fully saturated rings. The Hall–Kier alpha value is -5.18. The van der Waals surface area contributed by atoms with Crippen LogP contribution in [0.4, 0.5) is 5.69 Å². The molecule has 0 saturated heterocycles. The monoisotopic (exact) mass is 765 g/mol. The van der Waals surface area contributed by atoms with Crippen LogP contribution in [0.5, 0.6) is 23.0 Å². The number of benzene rings is 2. The number of ketones is 2. The number of rotatable bonds is 4. The third kappa shape index (κ3) is 8.26. The minimum Gasteiger partial charge on any atom is -0.507 e. The van der Waals surface area contributed by atoms with E-state index in [2.05, 4.69) is 5.32 Å². The summed E-state index contributed by atoms with van der Waals surface area (Å²) in [4.78, 5) is 52.0. The summed E-state index contributed by atoms with van der Waals surface area (Å²) >= 11 is 0. The number of phenolic OH excluding ortho intramolecular Hbond substituents is 3. The number of methoxy groups -OCH3 is 1. The predicted octanol–water partition coefficient (Wildman–Crippen LogP) is 5.36. The number of ether oxygens (including phenoxy) is 4. The van der Waals surface area contributed by atoms with Gasteiger partial charge < -0.3 is 49.8 Å². The Kier molecular flexibility index (Phi) is 12.9. The fourth-order valence-electron chi connectivity index (χ4n) is 7.11. The Labute approximate surface area is 319 Å². The topological polar surface area (TPSA) is 218 Å². The van der Waals surface area contributed by atoms with Crippen LogP contribution in [0.25, 0.3) is 16.8 Å². The lowest BCUT2D eigenvalue weighted by Crippen LogP contribution is -2.46. The number of carbonyl (C=O) groups excluding carboxylic acids is 4. The molecule has 0 unspecified atom stereocenters. The maximum atomic E-state index is 14.2. The van der Waals surface area contributed by atoms with Gasteiger partial charge >= 0.3 is 11.8 Å². The Bertz CT molecular complexity index is 2000. The number of fused-ring (bicyclic) bond motifs is 14. The third-order valence-corrected chi connectivity index (χ3v) is 10.5. The molecular weight excluding hydrogens is 714 g/mol. The highest BCUT2D eigenvalue weighted by atomic mass is 16.7.